The Balaban J connectivity index is 1.95. The van der Waals surface area contributed by atoms with Gasteiger partial charge in [0.2, 0.25) is 5.90 Å². The normalized spacial score (nSPS) is 15.2. The predicted molar refractivity (Wildman–Crippen MR) is 94.3 cm³/mol. The number of esters is 1. The number of halogens is 1. The van der Waals surface area contributed by atoms with Gasteiger partial charge in [0.05, 0.1) is 14.2 Å². The van der Waals surface area contributed by atoms with Crippen molar-refractivity contribution in [3.63, 3.8) is 0 Å². The monoisotopic (exact) mass is 387 g/mol. The first kappa shape index (κ1) is 16.3. The Hall–Kier alpha value is -2.60. The highest BCUT2D eigenvalue weighted by Gasteiger charge is 2.25. The predicted octanol–water partition coefficient (Wildman–Crippen LogP) is 3.81. The SMILES string of the molecule is COc1cc(OC)cc(C2=N/C(=C/c3ccc(Br)cc3)C(=O)O2)c1. The maximum atomic E-state index is 12.1. The van der Waals surface area contributed by atoms with Crippen molar-refractivity contribution in [3.8, 4) is 11.5 Å². The van der Waals surface area contributed by atoms with Crippen LogP contribution in [0.2, 0.25) is 0 Å². The van der Waals surface area contributed by atoms with Crippen LogP contribution < -0.4 is 9.47 Å². The molecule has 0 saturated carbocycles. The molecule has 0 saturated heterocycles. The standard InChI is InChI=1S/C18H14BrNO4/c1-22-14-8-12(9-15(10-14)23-2)17-20-16(18(21)24-17)7-11-3-5-13(19)6-4-11/h3-10H,1-2H3/b16-7+. The molecule has 2 aromatic rings. The van der Waals surface area contributed by atoms with Crippen LogP contribution in [-0.2, 0) is 9.53 Å². The second-order valence-electron chi connectivity index (χ2n) is 4.99. The van der Waals surface area contributed by atoms with E-state index in [0.29, 0.717) is 17.1 Å². The van der Waals surface area contributed by atoms with Crippen LogP contribution in [0.3, 0.4) is 0 Å². The van der Waals surface area contributed by atoms with Crippen LogP contribution in [0, 0.1) is 0 Å². The highest BCUT2D eigenvalue weighted by molar-refractivity contribution is 9.10. The summed E-state index contributed by atoms with van der Waals surface area (Å²) >= 11 is 3.37. The summed E-state index contributed by atoms with van der Waals surface area (Å²) in [5, 5.41) is 0. The van der Waals surface area contributed by atoms with Crippen molar-refractivity contribution in [1.82, 2.24) is 0 Å². The molecular formula is C18H14BrNO4. The van der Waals surface area contributed by atoms with Crippen molar-refractivity contribution in [2.75, 3.05) is 14.2 Å². The van der Waals surface area contributed by atoms with Gasteiger partial charge in [-0.3, -0.25) is 0 Å². The van der Waals surface area contributed by atoms with Gasteiger partial charge in [-0.05, 0) is 35.9 Å². The van der Waals surface area contributed by atoms with E-state index in [9.17, 15) is 4.79 Å². The third kappa shape index (κ3) is 3.49. The third-order valence-electron chi connectivity index (χ3n) is 3.39. The lowest BCUT2D eigenvalue weighted by Crippen LogP contribution is -2.06. The maximum absolute atomic E-state index is 12.1. The number of hydrogen-bond acceptors (Lipinski definition) is 5. The number of methoxy groups -OCH3 is 2. The zero-order valence-electron chi connectivity index (χ0n) is 13.1. The van der Waals surface area contributed by atoms with E-state index in [0.717, 1.165) is 10.0 Å². The largest absolute Gasteiger partial charge is 0.497 e. The molecule has 0 N–H and O–H groups in total. The minimum atomic E-state index is -0.491. The highest BCUT2D eigenvalue weighted by Crippen LogP contribution is 2.26. The molecule has 0 bridgehead atoms. The van der Waals surface area contributed by atoms with Crippen LogP contribution in [-0.4, -0.2) is 26.1 Å². The fourth-order valence-electron chi connectivity index (χ4n) is 2.18. The third-order valence-corrected chi connectivity index (χ3v) is 3.92. The van der Waals surface area contributed by atoms with Crippen molar-refractivity contribution in [3.05, 3.63) is 63.8 Å². The highest BCUT2D eigenvalue weighted by atomic mass is 79.9. The Morgan fingerprint density at radius 3 is 2.25 bits per heavy atom. The van der Waals surface area contributed by atoms with E-state index in [1.165, 1.54) is 0 Å². The number of rotatable bonds is 4. The van der Waals surface area contributed by atoms with E-state index in [4.69, 9.17) is 14.2 Å². The molecule has 0 spiro atoms. The van der Waals surface area contributed by atoms with Crippen LogP contribution in [0.25, 0.3) is 6.08 Å². The van der Waals surface area contributed by atoms with Gasteiger partial charge in [0.1, 0.15) is 11.5 Å². The fourth-order valence-corrected chi connectivity index (χ4v) is 2.44. The van der Waals surface area contributed by atoms with Gasteiger partial charge in [-0.15, -0.1) is 0 Å². The molecule has 5 nitrogen and oxygen atoms in total. The first-order chi connectivity index (χ1) is 11.6. The van der Waals surface area contributed by atoms with Crippen molar-refractivity contribution >= 4 is 33.9 Å². The summed E-state index contributed by atoms with van der Waals surface area (Å²) in [5.74, 6) is 0.914. The summed E-state index contributed by atoms with van der Waals surface area (Å²) in [5.41, 5.74) is 1.71. The van der Waals surface area contributed by atoms with Crippen molar-refractivity contribution in [2.24, 2.45) is 4.99 Å². The maximum Gasteiger partial charge on any atom is 0.363 e. The van der Waals surface area contributed by atoms with Gasteiger partial charge in [0, 0.05) is 16.1 Å². The first-order valence-electron chi connectivity index (χ1n) is 7.10. The lowest BCUT2D eigenvalue weighted by Gasteiger charge is -2.07. The van der Waals surface area contributed by atoms with E-state index in [1.807, 2.05) is 24.3 Å². The number of benzene rings is 2. The average molecular weight is 388 g/mol. The van der Waals surface area contributed by atoms with Crippen molar-refractivity contribution in [2.45, 2.75) is 0 Å². The molecule has 2 aromatic carbocycles. The molecule has 1 aliphatic rings. The molecule has 3 rings (SSSR count). The summed E-state index contributed by atoms with van der Waals surface area (Å²) in [6.45, 7) is 0. The first-order valence-corrected chi connectivity index (χ1v) is 7.90. The van der Waals surface area contributed by atoms with Crippen LogP contribution >= 0.6 is 15.9 Å². The van der Waals surface area contributed by atoms with E-state index < -0.39 is 5.97 Å². The molecule has 0 amide bonds. The molecule has 1 aliphatic heterocycles. The Bertz CT molecular complexity index is 818. The van der Waals surface area contributed by atoms with E-state index >= 15 is 0 Å². The molecular weight excluding hydrogens is 374 g/mol. The Labute approximate surface area is 147 Å². The molecule has 0 atom stereocenters. The minimum absolute atomic E-state index is 0.223. The quantitative estimate of drug-likeness (QED) is 0.591. The number of carbonyl (C=O) groups is 1. The molecule has 1 heterocycles. The summed E-state index contributed by atoms with van der Waals surface area (Å²) in [6.07, 6.45) is 1.68. The summed E-state index contributed by atoms with van der Waals surface area (Å²) < 4.78 is 16.7. The Morgan fingerprint density at radius 2 is 1.67 bits per heavy atom. The van der Waals surface area contributed by atoms with Crippen LogP contribution in [0.15, 0.2) is 57.6 Å². The summed E-state index contributed by atoms with van der Waals surface area (Å²) in [6, 6.07) is 12.8. The molecule has 6 heteroatoms. The molecule has 0 aliphatic carbocycles. The van der Waals surface area contributed by atoms with Gasteiger partial charge in [0.15, 0.2) is 5.70 Å². The summed E-state index contributed by atoms with van der Waals surface area (Å²) in [4.78, 5) is 16.4. The number of nitrogens with zero attached hydrogens (tertiary/aromatic N) is 1. The molecule has 24 heavy (non-hydrogen) atoms. The van der Waals surface area contributed by atoms with Gasteiger partial charge in [-0.1, -0.05) is 28.1 Å². The number of aliphatic imine (C=N–C) groups is 1. The Morgan fingerprint density at radius 1 is 1.04 bits per heavy atom. The van der Waals surface area contributed by atoms with Gasteiger partial charge < -0.3 is 14.2 Å². The smallest absolute Gasteiger partial charge is 0.363 e. The molecule has 0 unspecified atom stereocenters. The number of cyclic esters (lactones) is 1. The zero-order chi connectivity index (χ0) is 17.1. The average Bonchev–Trinajstić information content (AvgIpc) is 2.97. The zero-order valence-corrected chi connectivity index (χ0v) is 14.7. The van der Waals surface area contributed by atoms with Crippen LogP contribution in [0.4, 0.5) is 0 Å². The molecule has 122 valence electrons. The lowest BCUT2D eigenvalue weighted by molar-refractivity contribution is -0.129. The van der Waals surface area contributed by atoms with Gasteiger partial charge in [0.25, 0.3) is 0 Å². The fraction of sp³-hybridized carbons (Fsp3) is 0.111. The van der Waals surface area contributed by atoms with Crippen molar-refractivity contribution < 1.29 is 19.0 Å². The summed E-state index contributed by atoms with van der Waals surface area (Å²) in [7, 11) is 3.11. The topological polar surface area (TPSA) is 57.1 Å². The minimum Gasteiger partial charge on any atom is -0.497 e. The number of hydrogen-bond donors (Lipinski definition) is 0. The van der Waals surface area contributed by atoms with Crippen LogP contribution in [0.5, 0.6) is 11.5 Å². The van der Waals surface area contributed by atoms with Crippen LogP contribution in [0.1, 0.15) is 11.1 Å². The second kappa shape index (κ2) is 6.88. The van der Waals surface area contributed by atoms with Crippen molar-refractivity contribution in [1.29, 1.82) is 0 Å². The van der Waals surface area contributed by atoms with E-state index in [-0.39, 0.29) is 11.6 Å². The van der Waals surface area contributed by atoms with Gasteiger partial charge in [-0.2, -0.15) is 0 Å². The van der Waals surface area contributed by atoms with Gasteiger partial charge in [-0.25, -0.2) is 9.79 Å². The van der Waals surface area contributed by atoms with E-state index in [1.54, 1.807) is 38.5 Å². The Kier molecular flexibility index (Phi) is 4.66. The lowest BCUT2D eigenvalue weighted by atomic mass is 10.2. The van der Waals surface area contributed by atoms with Gasteiger partial charge >= 0.3 is 5.97 Å². The molecule has 0 fully saturated rings. The number of ether oxygens (including phenoxy) is 3. The number of carbonyl (C=O) groups excluding carboxylic acids is 1. The second-order valence-corrected chi connectivity index (χ2v) is 5.90. The molecule has 0 radical (unpaired) electrons. The van der Waals surface area contributed by atoms with E-state index in [2.05, 4.69) is 20.9 Å². The molecule has 0 aromatic heterocycles.